The zero-order chi connectivity index (χ0) is 19.9. The number of nitrogens with one attached hydrogen (secondary N) is 4. The summed E-state index contributed by atoms with van der Waals surface area (Å²) in [5.41, 5.74) is 9.10. The van der Waals surface area contributed by atoms with Gasteiger partial charge in [-0.3, -0.25) is 10.9 Å². The molecule has 0 radical (unpaired) electrons. The first kappa shape index (κ1) is 19.7. The summed E-state index contributed by atoms with van der Waals surface area (Å²) in [6.45, 7) is 8.43. The highest BCUT2D eigenvalue weighted by Crippen LogP contribution is 2.31. The molecule has 0 atom stereocenters. The molecular formula is C20H20N6S2. The Morgan fingerprint density at radius 2 is 1.29 bits per heavy atom. The predicted molar refractivity (Wildman–Crippen MR) is 125 cm³/mol. The van der Waals surface area contributed by atoms with E-state index < -0.39 is 0 Å². The molecule has 4 N–H and O–H groups in total. The fourth-order valence-corrected chi connectivity index (χ4v) is 3.10. The molecule has 0 saturated carbocycles. The summed E-state index contributed by atoms with van der Waals surface area (Å²) in [6.07, 6.45) is 3.45. The normalized spacial score (nSPS) is 14.7. The van der Waals surface area contributed by atoms with E-state index in [-0.39, 0.29) is 0 Å². The van der Waals surface area contributed by atoms with Crippen LogP contribution in [-0.2, 0) is 0 Å². The second-order valence-corrected chi connectivity index (χ2v) is 6.67. The molecule has 1 aliphatic rings. The minimum absolute atomic E-state index is 0.408. The molecule has 1 aliphatic carbocycles. The Balaban J connectivity index is 1.96. The Morgan fingerprint density at radius 3 is 1.71 bits per heavy atom. The number of hydrazone groups is 2. The van der Waals surface area contributed by atoms with Crippen molar-refractivity contribution < 1.29 is 0 Å². The molecule has 142 valence electrons. The van der Waals surface area contributed by atoms with Crippen molar-refractivity contribution in [3.8, 4) is 0 Å². The maximum Gasteiger partial charge on any atom is 0.187 e. The number of nitrogens with zero attached hydrogens (tertiary/aromatic N) is 2. The highest BCUT2D eigenvalue weighted by atomic mass is 32.1. The first-order valence-electron chi connectivity index (χ1n) is 8.63. The molecule has 0 aliphatic heterocycles. The maximum atomic E-state index is 5.24. The molecule has 28 heavy (non-hydrogen) atoms. The Kier molecular flexibility index (Phi) is 6.46. The molecule has 2 aromatic rings. The zero-order valence-electron chi connectivity index (χ0n) is 15.2. The van der Waals surface area contributed by atoms with Crippen LogP contribution in [-0.4, -0.2) is 34.7 Å². The number of hydrogen-bond acceptors (Lipinski definition) is 4. The van der Waals surface area contributed by atoms with Crippen LogP contribution in [0.5, 0.6) is 0 Å². The summed E-state index contributed by atoms with van der Waals surface area (Å²) in [5.74, 6) is 0. The lowest BCUT2D eigenvalue weighted by atomic mass is 10.1. The van der Waals surface area contributed by atoms with E-state index in [1.165, 1.54) is 0 Å². The van der Waals surface area contributed by atoms with Crippen LogP contribution < -0.4 is 21.5 Å². The van der Waals surface area contributed by atoms with E-state index in [1.54, 1.807) is 12.2 Å². The van der Waals surface area contributed by atoms with Gasteiger partial charge in [-0.1, -0.05) is 48.6 Å². The smallest absolute Gasteiger partial charge is 0.187 e. The van der Waals surface area contributed by atoms with E-state index in [1.807, 2.05) is 24.3 Å². The SMILES string of the molecule is C=CCNC(=S)N/N=C1\C(=N\NC(=S)NCC=C)c2cccc3cccc1c23. The van der Waals surface area contributed by atoms with Gasteiger partial charge in [0.05, 0.1) is 0 Å². The van der Waals surface area contributed by atoms with E-state index in [0.717, 1.165) is 21.9 Å². The van der Waals surface area contributed by atoms with E-state index in [0.29, 0.717) is 34.7 Å². The maximum absolute atomic E-state index is 5.24. The third kappa shape index (κ3) is 4.24. The van der Waals surface area contributed by atoms with Gasteiger partial charge in [-0.25, -0.2) is 0 Å². The van der Waals surface area contributed by atoms with Crippen LogP contribution in [0.2, 0.25) is 0 Å². The molecule has 6 nitrogen and oxygen atoms in total. The molecule has 0 heterocycles. The molecule has 0 amide bonds. The van der Waals surface area contributed by atoms with Gasteiger partial charge in [-0.2, -0.15) is 10.2 Å². The highest BCUT2D eigenvalue weighted by Gasteiger charge is 2.27. The fourth-order valence-electron chi connectivity index (χ4n) is 2.84. The van der Waals surface area contributed by atoms with Crippen molar-refractivity contribution in [2.45, 2.75) is 0 Å². The van der Waals surface area contributed by atoms with Crippen LogP contribution in [0.25, 0.3) is 10.8 Å². The van der Waals surface area contributed by atoms with Crippen molar-refractivity contribution >= 4 is 56.9 Å². The summed E-state index contributed by atoms with van der Waals surface area (Å²) in [6, 6.07) is 12.2. The number of thiocarbonyl (C=S) groups is 2. The summed E-state index contributed by atoms with van der Waals surface area (Å²) in [5, 5.41) is 18.0. The highest BCUT2D eigenvalue weighted by molar-refractivity contribution is 7.80. The van der Waals surface area contributed by atoms with Gasteiger partial charge in [0.1, 0.15) is 11.4 Å². The van der Waals surface area contributed by atoms with Gasteiger partial charge in [0.2, 0.25) is 0 Å². The first-order valence-corrected chi connectivity index (χ1v) is 9.45. The lowest BCUT2D eigenvalue weighted by molar-refractivity contribution is 0.933. The molecule has 0 bridgehead atoms. The molecular weight excluding hydrogens is 388 g/mol. The summed E-state index contributed by atoms with van der Waals surface area (Å²) < 4.78 is 0. The number of hydrogen-bond donors (Lipinski definition) is 4. The third-order valence-electron chi connectivity index (χ3n) is 3.99. The van der Waals surface area contributed by atoms with E-state index >= 15 is 0 Å². The number of benzene rings is 2. The largest absolute Gasteiger partial charge is 0.358 e. The Morgan fingerprint density at radius 1 is 0.821 bits per heavy atom. The molecule has 0 saturated heterocycles. The summed E-state index contributed by atoms with van der Waals surface area (Å²) in [4.78, 5) is 0. The summed E-state index contributed by atoms with van der Waals surface area (Å²) in [7, 11) is 0. The van der Waals surface area contributed by atoms with Gasteiger partial charge in [-0.05, 0) is 29.8 Å². The van der Waals surface area contributed by atoms with E-state index in [4.69, 9.17) is 24.4 Å². The predicted octanol–water partition coefficient (Wildman–Crippen LogP) is 2.56. The third-order valence-corrected chi connectivity index (χ3v) is 4.46. The van der Waals surface area contributed by atoms with Crippen LogP contribution in [0.1, 0.15) is 11.1 Å². The fraction of sp³-hybridized carbons (Fsp3) is 0.100. The van der Waals surface area contributed by atoms with Crippen molar-refractivity contribution in [1.82, 2.24) is 21.5 Å². The van der Waals surface area contributed by atoms with Crippen LogP contribution in [0.15, 0.2) is 71.9 Å². The molecule has 3 rings (SSSR count). The van der Waals surface area contributed by atoms with E-state index in [2.05, 4.69) is 57.0 Å². The monoisotopic (exact) mass is 408 g/mol. The van der Waals surface area contributed by atoms with Crippen molar-refractivity contribution in [2.24, 2.45) is 10.2 Å². The van der Waals surface area contributed by atoms with Crippen molar-refractivity contribution in [3.63, 3.8) is 0 Å². The van der Waals surface area contributed by atoms with E-state index in [9.17, 15) is 0 Å². The number of rotatable bonds is 6. The Hall–Kier alpha value is -3.10. The quantitative estimate of drug-likeness (QED) is 0.335. The average Bonchev–Trinajstić information content (AvgIpc) is 3.02. The molecule has 0 aromatic heterocycles. The molecule has 0 unspecified atom stereocenters. The minimum Gasteiger partial charge on any atom is -0.358 e. The average molecular weight is 409 g/mol. The van der Waals surface area contributed by atoms with Crippen LogP contribution in [0.4, 0.5) is 0 Å². The van der Waals surface area contributed by atoms with Gasteiger partial charge in [0.15, 0.2) is 10.2 Å². The van der Waals surface area contributed by atoms with Crippen molar-refractivity contribution in [1.29, 1.82) is 0 Å². The van der Waals surface area contributed by atoms with Crippen LogP contribution in [0.3, 0.4) is 0 Å². The van der Waals surface area contributed by atoms with Gasteiger partial charge < -0.3 is 10.6 Å². The van der Waals surface area contributed by atoms with Gasteiger partial charge in [0, 0.05) is 29.6 Å². The second kappa shape index (κ2) is 9.20. The molecule has 2 aromatic carbocycles. The first-order chi connectivity index (χ1) is 13.7. The molecule has 8 heteroatoms. The van der Waals surface area contributed by atoms with Gasteiger partial charge >= 0.3 is 0 Å². The Bertz CT molecular complexity index is 932. The molecule has 0 spiro atoms. The Labute approximate surface area is 174 Å². The molecule has 0 fully saturated rings. The zero-order valence-corrected chi connectivity index (χ0v) is 16.8. The van der Waals surface area contributed by atoms with Crippen molar-refractivity contribution in [3.05, 3.63) is 72.8 Å². The minimum atomic E-state index is 0.408. The van der Waals surface area contributed by atoms with Crippen LogP contribution >= 0.6 is 24.4 Å². The second-order valence-electron chi connectivity index (χ2n) is 5.85. The van der Waals surface area contributed by atoms with Crippen molar-refractivity contribution in [2.75, 3.05) is 13.1 Å². The standard InChI is InChI=1S/C20H20N6S2/c1-3-11-21-19(27)25-23-17-14-9-5-7-13-8-6-10-15(16(13)14)18(17)24-26-20(28)22-12-4-2/h3-10H,1-2,11-12H2,(H2,21,25,27)(H2,22,26,28)/b23-17-,24-18+. The lowest BCUT2D eigenvalue weighted by Gasteiger charge is -2.08. The van der Waals surface area contributed by atoms with Crippen LogP contribution in [0, 0.1) is 0 Å². The van der Waals surface area contributed by atoms with Gasteiger partial charge in [-0.15, -0.1) is 13.2 Å². The topological polar surface area (TPSA) is 72.8 Å². The lowest BCUT2D eigenvalue weighted by Crippen LogP contribution is -2.35. The summed E-state index contributed by atoms with van der Waals surface area (Å²) >= 11 is 10.5. The van der Waals surface area contributed by atoms with Gasteiger partial charge in [0.25, 0.3) is 0 Å².